The lowest BCUT2D eigenvalue weighted by Gasteiger charge is -2.08. The van der Waals surface area contributed by atoms with Crippen LogP contribution in [0.3, 0.4) is 0 Å². The fraction of sp³-hybridized carbons (Fsp3) is 1.00. The van der Waals surface area contributed by atoms with Gasteiger partial charge in [-0.2, -0.15) is 0 Å². The van der Waals surface area contributed by atoms with Gasteiger partial charge in [-0.05, 0) is 5.92 Å². The zero-order valence-corrected chi connectivity index (χ0v) is 6.13. The summed E-state index contributed by atoms with van der Waals surface area (Å²) in [6.45, 7) is 5.98. The van der Waals surface area contributed by atoms with E-state index in [0.29, 0.717) is 5.92 Å². The summed E-state index contributed by atoms with van der Waals surface area (Å²) >= 11 is 0. The Balaban J connectivity index is 3.50. The Labute approximate surface area is 55.2 Å². The smallest absolute Gasteiger partial charge is 0.206 e. The van der Waals surface area contributed by atoms with Crippen molar-refractivity contribution in [3.05, 3.63) is 10.1 Å². The van der Waals surface area contributed by atoms with Crippen LogP contribution in [0.2, 0.25) is 0 Å². The van der Waals surface area contributed by atoms with E-state index in [-0.39, 0.29) is 17.4 Å². The second kappa shape index (κ2) is 3.43. The maximum absolute atomic E-state index is 9.92. The van der Waals surface area contributed by atoms with Gasteiger partial charge in [-0.1, -0.05) is 20.8 Å². The second-order valence-corrected chi connectivity index (χ2v) is 2.74. The molecule has 0 aromatic heterocycles. The Kier molecular flexibility index (Phi) is 3.20. The summed E-state index contributed by atoms with van der Waals surface area (Å²) in [5.41, 5.74) is 0. The Bertz CT molecular complexity index is 101. The van der Waals surface area contributed by atoms with Crippen LogP contribution in [-0.4, -0.2) is 11.5 Å². The van der Waals surface area contributed by atoms with Crippen molar-refractivity contribution < 1.29 is 4.92 Å². The first-order chi connectivity index (χ1) is 4.04. The fourth-order valence-electron chi connectivity index (χ4n) is 0.446. The van der Waals surface area contributed by atoms with E-state index in [9.17, 15) is 10.1 Å². The summed E-state index contributed by atoms with van der Waals surface area (Å²) in [6.07, 6.45) is 0. The molecule has 54 valence electrons. The maximum atomic E-state index is 9.92. The third-order valence-corrected chi connectivity index (χ3v) is 1.58. The molecule has 0 saturated carbocycles. The predicted octanol–water partition coefficient (Wildman–Crippen LogP) is 1.56. The van der Waals surface area contributed by atoms with Crippen molar-refractivity contribution in [3.63, 3.8) is 0 Å². The first kappa shape index (κ1) is 8.40. The molecule has 0 aromatic carbocycles. The van der Waals surface area contributed by atoms with Crippen molar-refractivity contribution in [2.24, 2.45) is 11.8 Å². The third kappa shape index (κ3) is 3.94. The summed E-state index contributed by atoms with van der Waals surface area (Å²) in [5.74, 6) is 0.607. The van der Waals surface area contributed by atoms with Crippen molar-refractivity contribution in [1.82, 2.24) is 0 Å². The molecule has 3 nitrogen and oxygen atoms in total. The molecule has 0 rings (SSSR count). The molecule has 0 amide bonds. The average molecular weight is 131 g/mol. The second-order valence-electron chi connectivity index (χ2n) is 2.74. The monoisotopic (exact) mass is 131 g/mol. The van der Waals surface area contributed by atoms with Crippen LogP contribution in [0.5, 0.6) is 0 Å². The minimum absolute atomic E-state index is 0.0949. The van der Waals surface area contributed by atoms with E-state index < -0.39 is 0 Å². The SMILES string of the molecule is CC(C)C(C)C[N+](=O)[O-]. The van der Waals surface area contributed by atoms with E-state index >= 15 is 0 Å². The quantitative estimate of drug-likeness (QED) is 0.431. The standard InChI is InChI=1S/C6H13NO2/c1-5(2)6(3)4-7(8)9/h5-6H,4H2,1-3H3. The van der Waals surface area contributed by atoms with Crippen LogP contribution >= 0.6 is 0 Å². The number of hydrogen-bond donors (Lipinski definition) is 0. The van der Waals surface area contributed by atoms with Gasteiger partial charge < -0.3 is 0 Å². The molecule has 0 fully saturated rings. The van der Waals surface area contributed by atoms with Crippen molar-refractivity contribution in [2.75, 3.05) is 6.54 Å². The van der Waals surface area contributed by atoms with Gasteiger partial charge in [0, 0.05) is 10.8 Å². The lowest BCUT2D eigenvalue weighted by Crippen LogP contribution is -2.15. The summed E-state index contributed by atoms with van der Waals surface area (Å²) in [4.78, 5) is 9.66. The molecule has 0 aliphatic heterocycles. The van der Waals surface area contributed by atoms with E-state index in [1.807, 2.05) is 20.8 Å². The molecule has 1 atom stereocenters. The third-order valence-electron chi connectivity index (χ3n) is 1.58. The van der Waals surface area contributed by atoms with Gasteiger partial charge in [0.05, 0.1) is 0 Å². The molecule has 1 unspecified atom stereocenters. The van der Waals surface area contributed by atoms with Gasteiger partial charge in [-0.15, -0.1) is 0 Å². The molecule has 0 radical (unpaired) electrons. The van der Waals surface area contributed by atoms with E-state index in [4.69, 9.17) is 0 Å². The molecule has 0 N–H and O–H groups in total. The normalized spacial score (nSPS) is 13.8. The van der Waals surface area contributed by atoms with Gasteiger partial charge in [0.1, 0.15) is 0 Å². The minimum Gasteiger partial charge on any atom is -0.265 e. The number of nitrogens with zero attached hydrogens (tertiary/aromatic N) is 1. The molecule has 0 aliphatic carbocycles. The van der Waals surface area contributed by atoms with Gasteiger partial charge >= 0.3 is 0 Å². The Morgan fingerprint density at radius 1 is 1.44 bits per heavy atom. The van der Waals surface area contributed by atoms with Crippen LogP contribution in [0, 0.1) is 22.0 Å². The Hall–Kier alpha value is -0.600. The Morgan fingerprint density at radius 2 is 1.89 bits per heavy atom. The van der Waals surface area contributed by atoms with Gasteiger partial charge in [-0.25, -0.2) is 0 Å². The lowest BCUT2D eigenvalue weighted by atomic mass is 9.99. The molecular weight excluding hydrogens is 118 g/mol. The molecule has 0 heterocycles. The average Bonchev–Trinajstić information content (AvgIpc) is 1.63. The maximum Gasteiger partial charge on any atom is 0.206 e. The molecule has 3 heteroatoms. The van der Waals surface area contributed by atoms with E-state index in [2.05, 4.69) is 0 Å². The van der Waals surface area contributed by atoms with Crippen LogP contribution in [0.15, 0.2) is 0 Å². The van der Waals surface area contributed by atoms with Crippen LogP contribution in [0.4, 0.5) is 0 Å². The van der Waals surface area contributed by atoms with E-state index in [1.165, 1.54) is 0 Å². The van der Waals surface area contributed by atoms with Crippen LogP contribution in [-0.2, 0) is 0 Å². The number of hydrogen-bond acceptors (Lipinski definition) is 2. The number of rotatable bonds is 3. The molecule has 0 aliphatic rings. The van der Waals surface area contributed by atoms with Gasteiger partial charge in [-0.3, -0.25) is 10.1 Å². The topological polar surface area (TPSA) is 43.1 Å². The highest BCUT2D eigenvalue weighted by Gasteiger charge is 2.12. The zero-order chi connectivity index (χ0) is 7.44. The van der Waals surface area contributed by atoms with Crippen molar-refractivity contribution in [3.8, 4) is 0 Å². The molecule has 0 bridgehead atoms. The van der Waals surface area contributed by atoms with E-state index in [1.54, 1.807) is 0 Å². The van der Waals surface area contributed by atoms with Crippen LogP contribution in [0.1, 0.15) is 20.8 Å². The highest BCUT2D eigenvalue weighted by atomic mass is 16.6. The highest BCUT2D eigenvalue weighted by molar-refractivity contribution is 4.53. The molecule has 0 spiro atoms. The van der Waals surface area contributed by atoms with Crippen LogP contribution in [0.25, 0.3) is 0 Å². The summed E-state index contributed by atoms with van der Waals surface area (Å²) < 4.78 is 0. The molecule has 9 heavy (non-hydrogen) atoms. The van der Waals surface area contributed by atoms with Gasteiger partial charge in [0.2, 0.25) is 6.54 Å². The summed E-state index contributed by atoms with van der Waals surface area (Å²) in [6, 6.07) is 0. The van der Waals surface area contributed by atoms with E-state index in [0.717, 1.165) is 0 Å². The van der Waals surface area contributed by atoms with Crippen molar-refractivity contribution in [2.45, 2.75) is 20.8 Å². The summed E-state index contributed by atoms with van der Waals surface area (Å²) in [7, 11) is 0. The van der Waals surface area contributed by atoms with Gasteiger partial charge in [0.15, 0.2) is 0 Å². The molecular formula is C6H13NO2. The summed E-state index contributed by atoms with van der Waals surface area (Å²) in [5, 5.41) is 9.92. The Morgan fingerprint density at radius 3 is 2.00 bits per heavy atom. The van der Waals surface area contributed by atoms with Crippen molar-refractivity contribution >= 4 is 0 Å². The highest BCUT2D eigenvalue weighted by Crippen LogP contribution is 2.08. The fourth-order valence-corrected chi connectivity index (χ4v) is 0.446. The predicted molar refractivity (Wildman–Crippen MR) is 35.9 cm³/mol. The lowest BCUT2D eigenvalue weighted by molar-refractivity contribution is -0.488. The number of nitro groups is 1. The molecule has 0 aromatic rings. The largest absolute Gasteiger partial charge is 0.265 e. The van der Waals surface area contributed by atoms with Crippen LogP contribution < -0.4 is 0 Å². The first-order valence-electron chi connectivity index (χ1n) is 3.16. The van der Waals surface area contributed by atoms with Gasteiger partial charge in [0.25, 0.3) is 0 Å². The first-order valence-corrected chi connectivity index (χ1v) is 3.16. The zero-order valence-electron chi connectivity index (χ0n) is 6.13. The van der Waals surface area contributed by atoms with Crippen molar-refractivity contribution in [1.29, 1.82) is 0 Å². The molecule has 0 saturated heterocycles. The minimum atomic E-state index is -0.259.